The normalized spacial score (nSPS) is 17.7. The van der Waals surface area contributed by atoms with E-state index in [4.69, 9.17) is 0 Å². The van der Waals surface area contributed by atoms with E-state index in [2.05, 4.69) is 9.47 Å². The number of benzene rings is 1. The molecule has 0 N–H and O–H groups in total. The van der Waals surface area contributed by atoms with E-state index in [9.17, 15) is 14.4 Å². The van der Waals surface area contributed by atoms with Crippen molar-refractivity contribution in [2.24, 2.45) is 5.92 Å². The molecule has 0 radical (unpaired) electrons. The number of methoxy groups -OCH3 is 2. The van der Waals surface area contributed by atoms with E-state index in [-0.39, 0.29) is 18.3 Å². The molecule has 21 heavy (non-hydrogen) atoms. The summed E-state index contributed by atoms with van der Waals surface area (Å²) in [5.74, 6) is -1.21. The van der Waals surface area contributed by atoms with Crippen LogP contribution in [0.25, 0.3) is 0 Å². The van der Waals surface area contributed by atoms with Crippen molar-refractivity contribution in [3.05, 3.63) is 35.4 Å². The van der Waals surface area contributed by atoms with Gasteiger partial charge < -0.3 is 14.4 Å². The van der Waals surface area contributed by atoms with Crippen LogP contribution in [0, 0.1) is 5.92 Å². The first kappa shape index (κ1) is 15.0. The van der Waals surface area contributed by atoms with Crippen LogP contribution >= 0.6 is 0 Å². The molecule has 0 saturated carbocycles. The Hall–Kier alpha value is -2.37. The highest BCUT2D eigenvalue weighted by Gasteiger charge is 2.34. The maximum atomic E-state index is 11.9. The third kappa shape index (κ3) is 3.39. The van der Waals surface area contributed by atoms with Gasteiger partial charge in [-0.2, -0.15) is 0 Å². The molecule has 1 aliphatic rings. The quantitative estimate of drug-likeness (QED) is 0.774. The molecule has 1 amide bonds. The van der Waals surface area contributed by atoms with Crippen molar-refractivity contribution in [1.29, 1.82) is 0 Å². The van der Waals surface area contributed by atoms with Crippen LogP contribution in [-0.4, -0.2) is 43.5 Å². The molecule has 1 saturated heterocycles. The second-order valence-electron chi connectivity index (χ2n) is 4.89. The number of carbonyl (C=O) groups excluding carboxylic acids is 3. The second kappa shape index (κ2) is 6.39. The van der Waals surface area contributed by atoms with Crippen molar-refractivity contribution >= 4 is 17.8 Å². The van der Waals surface area contributed by atoms with E-state index in [1.165, 1.54) is 14.2 Å². The average molecular weight is 291 g/mol. The summed E-state index contributed by atoms with van der Waals surface area (Å²) in [6.45, 7) is 0.776. The smallest absolute Gasteiger partial charge is 0.337 e. The number of amides is 1. The molecule has 1 aromatic rings. The predicted molar refractivity (Wildman–Crippen MR) is 73.3 cm³/mol. The molecule has 6 nitrogen and oxygen atoms in total. The topological polar surface area (TPSA) is 72.9 Å². The third-order valence-corrected chi connectivity index (χ3v) is 3.50. The van der Waals surface area contributed by atoms with Crippen molar-refractivity contribution < 1.29 is 23.9 Å². The number of nitrogens with zero attached hydrogens (tertiary/aromatic N) is 1. The van der Waals surface area contributed by atoms with Crippen LogP contribution in [0.15, 0.2) is 24.3 Å². The number of hydrogen-bond donors (Lipinski definition) is 0. The first-order chi connectivity index (χ1) is 10.0. The highest BCUT2D eigenvalue weighted by molar-refractivity contribution is 5.89. The van der Waals surface area contributed by atoms with E-state index >= 15 is 0 Å². The molecular formula is C15H17NO5. The molecule has 1 heterocycles. The minimum Gasteiger partial charge on any atom is -0.469 e. The fourth-order valence-electron chi connectivity index (χ4n) is 2.33. The van der Waals surface area contributed by atoms with Gasteiger partial charge in [0, 0.05) is 19.5 Å². The number of likely N-dealkylation sites (tertiary alicyclic amines) is 1. The Morgan fingerprint density at radius 1 is 1.19 bits per heavy atom. The monoisotopic (exact) mass is 291 g/mol. The number of carbonyl (C=O) groups is 3. The summed E-state index contributed by atoms with van der Waals surface area (Å²) in [6.07, 6.45) is 0.187. The van der Waals surface area contributed by atoms with Gasteiger partial charge in [-0.25, -0.2) is 4.79 Å². The summed E-state index contributed by atoms with van der Waals surface area (Å²) in [7, 11) is 2.65. The van der Waals surface area contributed by atoms with Crippen molar-refractivity contribution in [2.75, 3.05) is 20.8 Å². The van der Waals surface area contributed by atoms with Crippen LogP contribution in [-0.2, 0) is 25.6 Å². The zero-order valence-corrected chi connectivity index (χ0v) is 12.0. The van der Waals surface area contributed by atoms with Crippen LogP contribution < -0.4 is 0 Å². The molecule has 1 fully saturated rings. The average Bonchev–Trinajstić information content (AvgIpc) is 2.87. The maximum absolute atomic E-state index is 11.9. The van der Waals surface area contributed by atoms with Gasteiger partial charge >= 0.3 is 11.9 Å². The third-order valence-electron chi connectivity index (χ3n) is 3.50. The standard InChI is InChI=1S/C15H17NO5/c1-20-14(18)11-5-3-10(4-6-11)8-16-9-12(7-13(16)17)15(19)21-2/h3-6,12H,7-9H2,1-2H3. The summed E-state index contributed by atoms with van der Waals surface area (Å²) in [5, 5.41) is 0. The summed E-state index contributed by atoms with van der Waals surface area (Å²) in [6, 6.07) is 6.84. The number of ether oxygens (including phenoxy) is 2. The maximum Gasteiger partial charge on any atom is 0.337 e. The molecule has 0 aromatic heterocycles. The lowest BCUT2D eigenvalue weighted by Crippen LogP contribution is -2.26. The Balaban J connectivity index is 2.00. The van der Waals surface area contributed by atoms with Crippen LogP contribution in [0.3, 0.4) is 0 Å². The summed E-state index contributed by atoms with van der Waals surface area (Å²) in [5.41, 5.74) is 1.35. The van der Waals surface area contributed by atoms with Gasteiger partial charge in [-0.1, -0.05) is 12.1 Å². The van der Waals surface area contributed by atoms with Crippen molar-refractivity contribution in [2.45, 2.75) is 13.0 Å². The molecule has 112 valence electrons. The lowest BCUT2D eigenvalue weighted by Gasteiger charge is -2.16. The number of esters is 2. The number of hydrogen-bond acceptors (Lipinski definition) is 5. The molecule has 1 unspecified atom stereocenters. The number of rotatable bonds is 4. The second-order valence-corrected chi connectivity index (χ2v) is 4.89. The predicted octanol–water partition coefficient (Wildman–Crippen LogP) is 0.995. The van der Waals surface area contributed by atoms with Crippen LogP contribution in [0.4, 0.5) is 0 Å². The van der Waals surface area contributed by atoms with Gasteiger partial charge in [0.05, 0.1) is 25.7 Å². The molecule has 6 heteroatoms. The Kier molecular flexibility index (Phi) is 4.57. The molecular weight excluding hydrogens is 274 g/mol. The van der Waals surface area contributed by atoms with Crippen molar-refractivity contribution in [1.82, 2.24) is 4.90 Å². The lowest BCUT2D eigenvalue weighted by molar-refractivity contribution is -0.145. The van der Waals surface area contributed by atoms with Gasteiger partial charge in [-0.3, -0.25) is 9.59 Å². The highest BCUT2D eigenvalue weighted by Crippen LogP contribution is 2.21. The van der Waals surface area contributed by atoms with Crippen LogP contribution in [0.5, 0.6) is 0 Å². The van der Waals surface area contributed by atoms with Gasteiger partial charge in [-0.05, 0) is 17.7 Å². The minimum absolute atomic E-state index is 0.0672. The Bertz CT molecular complexity index is 552. The van der Waals surface area contributed by atoms with Gasteiger partial charge in [0.1, 0.15) is 0 Å². The molecule has 0 bridgehead atoms. The van der Waals surface area contributed by atoms with E-state index in [1.54, 1.807) is 29.2 Å². The molecule has 1 aromatic carbocycles. The zero-order chi connectivity index (χ0) is 15.4. The molecule has 0 aliphatic carbocycles. The van der Waals surface area contributed by atoms with E-state index < -0.39 is 11.9 Å². The van der Waals surface area contributed by atoms with Crippen molar-refractivity contribution in [3.8, 4) is 0 Å². The summed E-state index contributed by atoms with van der Waals surface area (Å²) >= 11 is 0. The SMILES string of the molecule is COC(=O)c1ccc(CN2CC(C(=O)OC)CC2=O)cc1. The summed E-state index contributed by atoms with van der Waals surface area (Å²) in [4.78, 5) is 36.3. The van der Waals surface area contributed by atoms with E-state index in [0.29, 0.717) is 18.7 Å². The lowest BCUT2D eigenvalue weighted by atomic mass is 10.1. The molecule has 0 spiro atoms. The van der Waals surface area contributed by atoms with Gasteiger partial charge in [0.25, 0.3) is 0 Å². The summed E-state index contributed by atoms with van der Waals surface area (Å²) < 4.78 is 9.29. The largest absolute Gasteiger partial charge is 0.469 e. The first-order valence-corrected chi connectivity index (χ1v) is 6.58. The highest BCUT2D eigenvalue weighted by atomic mass is 16.5. The van der Waals surface area contributed by atoms with Crippen molar-refractivity contribution in [3.63, 3.8) is 0 Å². The first-order valence-electron chi connectivity index (χ1n) is 6.58. The van der Waals surface area contributed by atoms with Gasteiger partial charge in [0.15, 0.2) is 0 Å². The van der Waals surface area contributed by atoms with Crippen LogP contribution in [0.1, 0.15) is 22.3 Å². The van der Waals surface area contributed by atoms with E-state index in [0.717, 1.165) is 5.56 Å². The fourth-order valence-corrected chi connectivity index (χ4v) is 2.33. The molecule has 1 aliphatic heterocycles. The van der Waals surface area contributed by atoms with Crippen LogP contribution in [0.2, 0.25) is 0 Å². The Morgan fingerprint density at radius 2 is 1.86 bits per heavy atom. The van der Waals surface area contributed by atoms with Gasteiger partial charge in [0.2, 0.25) is 5.91 Å². The molecule has 1 atom stereocenters. The minimum atomic E-state index is -0.399. The Morgan fingerprint density at radius 3 is 2.43 bits per heavy atom. The fraction of sp³-hybridized carbons (Fsp3) is 0.400. The van der Waals surface area contributed by atoms with Gasteiger partial charge in [-0.15, -0.1) is 0 Å². The zero-order valence-electron chi connectivity index (χ0n) is 12.0. The van der Waals surface area contributed by atoms with E-state index in [1.807, 2.05) is 0 Å². The molecule has 2 rings (SSSR count). The Labute approximate surface area is 122 Å².